The number of hydrogen-bond acceptors (Lipinski definition) is 2. The molecule has 0 aromatic heterocycles. The molecule has 0 bridgehead atoms. The summed E-state index contributed by atoms with van der Waals surface area (Å²) in [7, 11) is 0. The molecule has 1 rings (SSSR count). The fraction of sp³-hybridized carbons (Fsp3) is 0.882. The highest BCUT2D eigenvalue weighted by Crippen LogP contribution is 2.28. The Morgan fingerprint density at radius 1 is 0.952 bits per heavy atom. The molecule has 2 amide bonds. The summed E-state index contributed by atoms with van der Waals surface area (Å²) in [5.74, 6) is 1.52. The summed E-state index contributed by atoms with van der Waals surface area (Å²) >= 11 is 0. The maximum Gasteiger partial charge on any atom is 0.225 e. The lowest BCUT2D eigenvalue weighted by Gasteiger charge is -2.29. The molecular formula is C17H32N2O2. The van der Waals surface area contributed by atoms with Gasteiger partial charge >= 0.3 is 0 Å². The highest BCUT2D eigenvalue weighted by atomic mass is 16.2. The molecule has 0 atom stereocenters. The lowest BCUT2D eigenvalue weighted by molar-refractivity contribution is -0.128. The fourth-order valence-corrected chi connectivity index (χ4v) is 2.72. The lowest BCUT2D eigenvalue weighted by Crippen LogP contribution is -2.39. The number of nitrogens with one attached hydrogen (secondary N) is 2. The molecule has 2 N–H and O–H groups in total. The van der Waals surface area contributed by atoms with Crippen LogP contribution in [0.2, 0.25) is 0 Å². The Morgan fingerprint density at radius 3 is 1.86 bits per heavy atom. The van der Waals surface area contributed by atoms with Gasteiger partial charge in [-0.2, -0.15) is 0 Å². The Labute approximate surface area is 129 Å². The zero-order valence-electron chi connectivity index (χ0n) is 14.1. The molecule has 0 spiro atoms. The van der Waals surface area contributed by atoms with Crippen LogP contribution in [0.5, 0.6) is 0 Å². The van der Waals surface area contributed by atoms with E-state index in [1.807, 2.05) is 27.7 Å². The number of carbonyl (C=O) groups excluding carboxylic acids is 2. The van der Waals surface area contributed by atoms with E-state index in [0.717, 1.165) is 45.2 Å². The van der Waals surface area contributed by atoms with Gasteiger partial charge in [0.15, 0.2) is 0 Å². The largest absolute Gasteiger partial charge is 0.356 e. The third kappa shape index (κ3) is 6.96. The Morgan fingerprint density at radius 2 is 1.43 bits per heavy atom. The zero-order chi connectivity index (χ0) is 15.9. The molecule has 1 saturated carbocycles. The minimum absolute atomic E-state index is 0.136. The third-order valence-corrected chi connectivity index (χ3v) is 4.26. The van der Waals surface area contributed by atoms with Gasteiger partial charge in [-0.3, -0.25) is 9.59 Å². The molecular weight excluding hydrogens is 264 g/mol. The summed E-state index contributed by atoms with van der Waals surface area (Å²) in [6.45, 7) is 9.47. The second kappa shape index (κ2) is 8.40. The Bertz CT molecular complexity index is 339. The molecule has 0 saturated heterocycles. The Kier molecular flexibility index (Phi) is 7.20. The second-order valence-electron chi connectivity index (χ2n) is 7.40. The molecule has 0 unspecified atom stereocenters. The van der Waals surface area contributed by atoms with E-state index < -0.39 is 0 Å². The molecule has 0 aromatic rings. The van der Waals surface area contributed by atoms with Gasteiger partial charge in [-0.25, -0.2) is 0 Å². The summed E-state index contributed by atoms with van der Waals surface area (Å²) < 4.78 is 0. The first-order valence-electron chi connectivity index (χ1n) is 8.38. The molecule has 122 valence electrons. The van der Waals surface area contributed by atoms with Crippen molar-refractivity contribution in [3.8, 4) is 0 Å². The molecule has 21 heavy (non-hydrogen) atoms. The van der Waals surface area contributed by atoms with Crippen molar-refractivity contribution >= 4 is 11.8 Å². The standard InChI is InChI=1S/C17H32N2O2/c1-5-6-15(20)18-11-13-7-9-14(10-8-13)12-19-16(21)17(2,3)4/h13-14H,5-12H2,1-4H3,(H,18,20)(H,19,21). The number of hydrogen-bond donors (Lipinski definition) is 2. The quantitative estimate of drug-likeness (QED) is 0.792. The Balaban J connectivity index is 2.18. The average molecular weight is 296 g/mol. The molecule has 0 aliphatic heterocycles. The maximum atomic E-state index is 11.9. The van der Waals surface area contributed by atoms with Crippen molar-refractivity contribution in [2.75, 3.05) is 13.1 Å². The van der Waals surface area contributed by atoms with Crippen LogP contribution in [0.25, 0.3) is 0 Å². The van der Waals surface area contributed by atoms with Crippen molar-refractivity contribution < 1.29 is 9.59 Å². The summed E-state index contributed by atoms with van der Waals surface area (Å²) in [4.78, 5) is 23.3. The van der Waals surface area contributed by atoms with Gasteiger partial charge in [0.1, 0.15) is 0 Å². The lowest BCUT2D eigenvalue weighted by atomic mass is 9.81. The first-order chi connectivity index (χ1) is 9.82. The van der Waals surface area contributed by atoms with Crippen LogP contribution >= 0.6 is 0 Å². The SMILES string of the molecule is CCCC(=O)NCC1CCC(CNC(=O)C(C)(C)C)CC1. The van der Waals surface area contributed by atoms with Crippen LogP contribution in [-0.4, -0.2) is 24.9 Å². The molecule has 4 nitrogen and oxygen atoms in total. The summed E-state index contributed by atoms with van der Waals surface area (Å²) in [6.07, 6.45) is 6.16. The van der Waals surface area contributed by atoms with Gasteiger partial charge in [0.2, 0.25) is 11.8 Å². The van der Waals surface area contributed by atoms with Crippen LogP contribution in [0.4, 0.5) is 0 Å². The monoisotopic (exact) mass is 296 g/mol. The van der Waals surface area contributed by atoms with Crippen molar-refractivity contribution in [1.82, 2.24) is 10.6 Å². The second-order valence-corrected chi connectivity index (χ2v) is 7.40. The van der Waals surface area contributed by atoms with E-state index >= 15 is 0 Å². The topological polar surface area (TPSA) is 58.2 Å². The molecule has 1 aliphatic carbocycles. The number of rotatable bonds is 6. The molecule has 1 fully saturated rings. The Hall–Kier alpha value is -1.06. The minimum Gasteiger partial charge on any atom is -0.356 e. The minimum atomic E-state index is -0.305. The maximum absolute atomic E-state index is 11.9. The third-order valence-electron chi connectivity index (χ3n) is 4.26. The predicted octanol–water partition coefficient (Wildman–Crippen LogP) is 2.87. The molecule has 1 aliphatic rings. The first kappa shape index (κ1) is 18.0. The van der Waals surface area contributed by atoms with Crippen LogP contribution in [0.15, 0.2) is 0 Å². The normalized spacial score (nSPS) is 22.7. The van der Waals surface area contributed by atoms with Gasteiger partial charge in [-0.1, -0.05) is 27.7 Å². The first-order valence-corrected chi connectivity index (χ1v) is 8.38. The van der Waals surface area contributed by atoms with E-state index in [0.29, 0.717) is 18.3 Å². The van der Waals surface area contributed by atoms with Gasteiger partial charge in [-0.05, 0) is 43.9 Å². The van der Waals surface area contributed by atoms with Crippen molar-refractivity contribution in [3.63, 3.8) is 0 Å². The van der Waals surface area contributed by atoms with Crippen LogP contribution in [-0.2, 0) is 9.59 Å². The highest BCUT2D eigenvalue weighted by Gasteiger charge is 2.25. The molecule has 0 heterocycles. The summed E-state index contributed by atoms with van der Waals surface area (Å²) in [5, 5.41) is 6.10. The molecule has 4 heteroatoms. The highest BCUT2D eigenvalue weighted by molar-refractivity contribution is 5.81. The number of amides is 2. The summed E-state index contributed by atoms with van der Waals surface area (Å²) in [6, 6.07) is 0. The van der Waals surface area contributed by atoms with Crippen molar-refractivity contribution in [1.29, 1.82) is 0 Å². The molecule has 0 radical (unpaired) electrons. The van der Waals surface area contributed by atoms with Crippen LogP contribution < -0.4 is 10.6 Å². The van der Waals surface area contributed by atoms with E-state index in [1.165, 1.54) is 0 Å². The zero-order valence-corrected chi connectivity index (χ0v) is 14.1. The van der Waals surface area contributed by atoms with E-state index in [9.17, 15) is 9.59 Å². The summed E-state index contributed by atoms with van der Waals surface area (Å²) in [5.41, 5.74) is -0.305. The van der Waals surface area contributed by atoms with Crippen LogP contribution in [0.1, 0.15) is 66.2 Å². The van der Waals surface area contributed by atoms with Crippen LogP contribution in [0.3, 0.4) is 0 Å². The van der Waals surface area contributed by atoms with Crippen molar-refractivity contribution in [3.05, 3.63) is 0 Å². The van der Waals surface area contributed by atoms with E-state index in [-0.39, 0.29) is 17.2 Å². The van der Waals surface area contributed by atoms with E-state index in [4.69, 9.17) is 0 Å². The van der Waals surface area contributed by atoms with Gasteiger partial charge < -0.3 is 10.6 Å². The molecule has 0 aromatic carbocycles. The number of carbonyl (C=O) groups is 2. The van der Waals surface area contributed by atoms with Crippen molar-refractivity contribution in [2.24, 2.45) is 17.3 Å². The van der Waals surface area contributed by atoms with E-state index in [1.54, 1.807) is 0 Å². The van der Waals surface area contributed by atoms with Crippen LogP contribution in [0, 0.1) is 17.3 Å². The fourth-order valence-electron chi connectivity index (χ4n) is 2.72. The van der Waals surface area contributed by atoms with Gasteiger partial charge in [-0.15, -0.1) is 0 Å². The van der Waals surface area contributed by atoms with Crippen molar-refractivity contribution in [2.45, 2.75) is 66.2 Å². The predicted molar refractivity (Wildman–Crippen MR) is 85.8 cm³/mol. The van der Waals surface area contributed by atoms with E-state index in [2.05, 4.69) is 10.6 Å². The van der Waals surface area contributed by atoms with Gasteiger partial charge in [0.25, 0.3) is 0 Å². The van der Waals surface area contributed by atoms with Gasteiger partial charge in [0, 0.05) is 24.9 Å². The average Bonchev–Trinajstić information content (AvgIpc) is 2.43. The van der Waals surface area contributed by atoms with Gasteiger partial charge in [0.05, 0.1) is 0 Å². The smallest absolute Gasteiger partial charge is 0.225 e.